The van der Waals surface area contributed by atoms with Crippen molar-refractivity contribution in [3.05, 3.63) is 89.5 Å². The van der Waals surface area contributed by atoms with Crippen LogP contribution in [0.3, 0.4) is 0 Å². The molecular formula is C31H30NOSi+. The van der Waals surface area contributed by atoms with Gasteiger partial charge in [0.25, 0.3) is 5.69 Å². The van der Waals surface area contributed by atoms with Crippen LogP contribution in [0.25, 0.3) is 32.9 Å². The van der Waals surface area contributed by atoms with Crippen molar-refractivity contribution >= 4 is 40.1 Å². The number of rotatable bonds is 2. The maximum Gasteiger partial charge on any atom is 0.256 e. The van der Waals surface area contributed by atoms with E-state index in [0.717, 1.165) is 11.5 Å². The van der Waals surface area contributed by atoms with Crippen molar-refractivity contribution in [3.8, 4) is 22.8 Å². The smallest absolute Gasteiger partial charge is 0.256 e. The van der Waals surface area contributed by atoms with Crippen LogP contribution >= 0.6 is 0 Å². The summed E-state index contributed by atoms with van der Waals surface area (Å²) in [6.07, 6.45) is 0. The van der Waals surface area contributed by atoms with E-state index in [0.29, 0.717) is 0 Å². The van der Waals surface area contributed by atoms with E-state index < -0.39 is 8.07 Å². The van der Waals surface area contributed by atoms with Crippen LogP contribution < -0.4 is 19.7 Å². The van der Waals surface area contributed by atoms with E-state index in [1.165, 1.54) is 60.0 Å². The number of pyridine rings is 1. The van der Waals surface area contributed by atoms with Gasteiger partial charge in [-0.15, -0.1) is 0 Å². The van der Waals surface area contributed by atoms with Crippen molar-refractivity contribution < 1.29 is 9.30 Å². The molecule has 1 aliphatic rings. The lowest BCUT2D eigenvalue weighted by Crippen LogP contribution is -2.52. The summed E-state index contributed by atoms with van der Waals surface area (Å²) in [5.74, 6) is 1.91. The van der Waals surface area contributed by atoms with Crippen LogP contribution in [0.1, 0.15) is 16.7 Å². The topological polar surface area (TPSA) is 13.1 Å². The third kappa shape index (κ3) is 2.97. The van der Waals surface area contributed by atoms with Crippen molar-refractivity contribution in [2.75, 3.05) is 0 Å². The molecule has 1 aromatic heterocycles. The Morgan fingerprint density at radius 2 is 1.50 bits per heavy atom. The van der Waals surface area contributed by atoms with Gasteiger partial charge in [0.2, 0.25) is 5.52 Å². The molecule has 2 nitrogen and oxygen atoms in total. The van der Waals surface area contributed by atoms with Crippen LogP contribution in [-0.4, -0.2) is 8.07 Å². The number of ether oxygens (including phenoxy) is 1. The SMILES string of the molecule is Cc1cc2c3c(c(C)c(C)cc3c1)-c1c(cc3cc([Si](C)(C)c4ccccc4)ccc3[n+]1C)O2. The first-order valence-electron chi connectivity index (χ1n) is 12.0. The Morgan fingerprint density at radius 1 is 0.735 bits per heavy atom. The standard InChI is InChI=1S/C31H30NOSi/c1-19-14-23-16-20(2)21(3)29-30(23)27(15-19)33-28-18-22-17-25(12-13-26(22)32(4)31(28)29)34(5,6)24-10-8-7-9-11-24/h7-18H,1-6H3/q+1. The molecule has 0 bridgehead atoms. The molecule has 3 heteroatoms. The van der Waals surface area contributed by atoms with E-state index in [9.17, 15) is 0 Å². The molecule has 0 fully saturated rings. The molecule has 0 aliphatic carbocycles. The van der Waals surface area contributed by atoms with Crippen LogP contribution in [0, 0.1) is 20.8 Å². The lowest BCUT2D eigenvalue weighted by molar-refractivity contribution is -0.633. The molecule has 0 saturated carbocycles. The van der Waals surface area contributed by atoms with Gasteiger partial charge in [0.05, 0.1) is 5.56 Å². The predicted octanol–water partition coefficient (Wildman–Crippen LogP) is 6.34. The van der Waals surface area contributed by atoms with Crippen LogP contribution in [0.2, 0.25) is 13.1 Å². The average Bonchev–Trinajstić information content (AvgIpc) is 2.81. The van der Waals surface area contributed by atoms with Crippen LogP contribution in [0.4, 0.5) is 0 Å². The van der Waals surface area contributed by atoms with E-state index in [1.807, 2.05) is 0 Å². The molecule has 34 heavy (non-hydrogen) atoms. The highest BCUT2D eigenvalue weighted by atomic mass is 28.3. The molecule has 0 unspecified atom stereocenters. The second-order valence-electron chi connectivity index (χ2n) is 10.3. The van der Waals surface area contributed by atoms with Crippen molar-refractivity contribution in [1.82, 2.24) is 0 Å². The first-order valence-corrected chi connectivity index (χ1v) is 15.0. The molecule has 0 spiro atoms. The van der Waals surface area contributed by atoms with E-state index in [4.69, 9.17) is 4.74 Å². The molecule has 0 saturated heterocycles. The largest absolute Gasteiger partial charge is 0.450 e. The summed E-state index contributed by atoms with van der Waals surface area (Å²) in [5.41, 5.74) is 7.57. The molecule has 0 radical (unpaired) electrons. The summed E-state index contributed by atoms with van der Waals surface area (Å²) in [4.78, 5) is 0. The first kappa shape index (κ1) is 21.1. The van der Waals surface area contributed by atoms with Crippen LogP contribution in [0.5, 0.6) is 11.5 Å². The maximum atomic E-state index is 6.61. The number of hydrogen-bond acceptors (Lipinski definition) is 1. The van der Waals surface area contributed by atoms with Crippen molar-refractivity contribution in [1.29, 1.82) is 0 Å². The van der Waals surface area contributed by atoms with Gasteiger partial charge < -0.3 is 4.74 Å². The molecular weight excluding hydrogens is 430 g/mol. The third-order valence-electron chi connectivity index (χ3n) is 7.78. The number of nitrogens with zero attached hydrogens (tertiary/aromatic N) is 1. The number of aromatic nitrogens is 1. The fourth-order valence-corrected chi connectivity index (χ4v) is 8.01. The second kappa shape index (κ2) is 7.28. The van der Waals surface area contributed by atoms with Crippen molar-refractivity contribution in [3.63, 3.8) is 0 Å². The molecule has 6 rings (SSSR count). The molecule has 1 aliphatic heterocycles. The Kier molecular flexibility index (Phi) is 4.52. The Labute approximate surface area is 202 Å². The van der Waals surface area contributed by atoms with Gasteiger partial charge in [0, 0.05) is 22.9 Å². The van der Waals surface area contributed by atoms with Gasteiger partial charge in [0.15, 0.2) is 5.75 Å². The number of fused-ring (bicyclic) bond motifs is 3. The molecule has 168 valence electrons. The number of aryl methyl sites for hydroxylation is 3. The summed E-state index contributed by atoms with van der Waals surface area (Å²) < 4.78 is 8.94. The van der Waals surface area contributed by atoms with E-state index in [-0.39, 0.29) is 0 Å². The summed E-state index contributed by atoms with van der Waals surface area (Å²) >= 11 is 0. The third-order valence-corrected chi connectivity index (χ3v) is 11.3. The number of hydrogen-bond donors (Lipinski definition) is 0. The first-order chi connectivity index (χ1) is 16.3. The zero-order valence-corrected chi connectivity index (χ0v) is 21.8. The molecule has 0 atom stereocenters. The average molecular weight is 461 g/mol. The van der Waals surface area contributed by atoms with Gasteiger partial charge in [-0.2, -0.15) is 4.57 Å². The predicted molar refractivity (Wildman–Crippen MR) is 146 cm³/mol. The molecule has 2 heterocycles. The van der Waals surface area contributed by atoms with Crippen molar-refractivity contribution in [2.24, 2.45) is 7.05 Å². The van der Waals surface area contributed by atoms with Gasteiger partial charge in [0.1, 0.15) is 20.9 Å². The highest BCUT2D eigenvalue weighted by Gasteiger charge is 2.33. The molecule has 5 aromatic rings. The summed E-state index contributed by atoms with van der Waals surface area (Å²) in [7, 11) is 0.381. The van der Waals surface area contributed by atoms with Gasteiger partial charge >= 0.3 is 0 Å². The monoisotopic (exact) mass is 460 g/mol. The zero-order valence-electron chi connectivity index (χ0n) is 20.8. The molecule has 0 amide bonds. The van der Waals surface area contributed by atoms with Gasteiger partial charge in [-0.25, -0.2) is 0 Å². The van der Waals surface area contributed by atoms with E-state index in [2.05, 4.69) is 118 Å². The Balaban J connectivity index is 1.62. The van der Waals surface area contributed by atoms with Crippen LogP contribution in [0.15, 0.2) is 72.8 Å². The van der Waals surface area contributed by atoms with Gasteiger partial charge in [-0.3, -0.25) is 0 Å². The summed E-state index contributed by atoms with van der Waals surface area (Å²) in [6.45, 7) is 11.5. The Morgan fingerprint density at radius 3 is 2.26 bits per heavy atom. The second-order valence-corrected chi connectivity index (χ2v) is 14.7. The van der Waals surface area contributed by atoms with E-state index >= 15 is 0 Å². The quantitative estimate of drug-likeness (QED) is 0.217. The minimum atomic E-state index is -1.80. The summed E-state index contributed by atoms with van der Waals surface area (Å²) in [5, 5.41) is 6.60. The minimum absolute atomic E-state index is 0.944. The highest BCUT2D eigenvalue weighted by molar-refractivity contribution is 7.00. The zero-order chi connectivity index (χ0) is 23.8. The van der Waals surface area contributed by atoms with Gasteiger partial charge in [-0.1, -0.05) is 72.0 Å². The normalized spacial score (nSPS) is 12.6. The highest BCUT2D eigenvalue weighted by Crippen LogP contribution is 2.48. The molecule has 0 N–H and O–H groups in total. The minimum Gasteiger partial charge on any atom is -0.450 e. The Bertz CT molecular complexity index is 1630. The Hall–Kier alpha value is -3.43. The molecule has 4 aromatic carbocycles. The lowest BCUT2D eigenvalue weighted by atomic mass is 9.89. The maximum absolute atomic E-state index is 6.61. The fourth-order valence-electron chi connectivity index (χ4n) is 5.63. The van der Waals surface area contributed by atoms with E-state index in [1.54, 1.807) is 0 Å². The van der Waals surface area contributed by atoms with Crippen molar-refractivity contribution in [2.45, 2.75) is 33.9 Å². The van der Waals surface area contributed by atoms with Gasteiger partial charge in [-0.05, 0) is 55.0 Å². The van der Waals surface area contributed by atoms with Crippen LogP contribution in [-0.2, 0) is 7.05 Å². The number of benzene rings is 4. The summed E-state index contributed by atoms with van der Waals surface area (Å²) in [6, 6.07) is 27.0. The fraction of sp³-hybridized carbons (Fsp3) is 0.194. The lowest BCUT2D eigenvalue weighted by Gasteiger charge is -2.25.